The summed E-state index contributed by atoms with van der Waals surface area (Å²) in [5, 5.41) is 9.17. The number of aromatic carboxylic acids is 1. The maximum Gasteiger partial charge on any atom is 0.357 e. The lowest BCUT2D eigenvalue weighted by atomic mass is 10.3. The Bertz CT molecular complexity index is 374. The lowest BCUT2D eigenvalue weighted by Crippen LogP contribution is -2.41. The molecule has 14 heavy (non-hydrogen) atoms. The van der Waals surface area contributed by atoms with Crippen LogP contribution in [0.15, 0.2) is 12.3 Å². The van der Waals surface area contributed by atoms with Gasteiger partial charge in [0.2, 0.25) is 0 Å². The highest BCUT2D eigenvalue weighted by molar-refractivity contribution is 6.88. The number of carboxylic acid groups (broad SMARTS) is 1. The second kappa shape index (κ2) is 3.49. The van der Waals surface area contributed by atoms with E-state index in [9.17, 15) is 9.18 Å². The van der Waals surface area contributed by atoms with Crippen LogP contribution in [-0.2, 0) is 0 Å². The lowest BCUT2D eigenvalue weighted by Gasteiger charge is -2.17. The van der Waals surface area contributed by atoms with Gasteiger partial charge in [0.15, 0.2) is 11.5 Å². The van der Waals surface area contributed by atoms with Crippen molar-refractivity contribution >= 4 is 19.2 Å². The standard InChI is InChI=1S/C9H12FNO2Si/c1-14(2,3)6-4-5-11-8(7(6)10)9(12)13/h4-5H,1-3H3,(H,12,13). The van der Waals surface area contributed by atoms with Gasteiger partial charge in [-0.2, -0.15) is 0 Å². The van der Waals surface area contributed by atoms with E-state index in [1.807, 2.05) is 19.6 Å². The molecule has 0 atom stereocenters. The number of carbonyl (C=O) groups is 1. The Labute approximate surface area is 82.6 Å². The summed E-state index contributed by atoms with van der Waals surface area (Å²) in [6, 6.07) is 1.56. The second-order valence-electron chi connectivity index (χ2n) is 4.08. The van der Waals surface area contributed by atoms with E-state index < -0.39 is 25.6 Å². The van der Waals surface area contributed by atoms with Gasteiger partial charge >= 0.3 is 5.97 Å². The average Bonchev–Trinajstić information content (AvgIpc) is 2.01. The fraction of sp³-hybridized carbons (Fsp3) is 0.333. The molecular formula is C9H12FNO2Si. The van der Waals surface area contributed by atoms with E-state index in [0.717, 1.165) is 0 Å². The Morgan fingerprint density at radius 1 is 1.50 bits per heavy atom. The smallest absolute Gasteiger partial charge is 0.357 e. The molecule has 1 N–H and O–H groups in total. The van der Waals surface area contributed by atoms with Crippen LogP contribution in [0.5, 0.6) is 0 Å². The van der Waals surface area contributed by atoms with Crippen molar-refractivity contribution < 1.29 is 14.3 Å². The molecule has 3 nitrogen and oxygen atoms in total. The molecule has 1 rings (SSSR count). The van der Waals surface area contributed by atoms with Crippen molar-refractivity contribution in [1.82, 2.24) is 4.98 Å². The van der Waals surface area contributed by atoms with Crippen LogP contribution in [-0.4, -0.2) is 24.1 Å². The number of pyridine rings is 1. The second-order valence-corrected chi connectivity index (χ2v) is 9.11. The van der Waals surface area contributed by atoms with Gasteiger partial charge in [0.25, 0.3) is 0 Å². The molecule has 0 aliphatic carbocycles. The summed E-state index contributed by atoms with van der Waals surface area (Å²) < 4.78 is 13.6. The predicted octanol–water partition coefficient (Wildman–Crippen LogP) is 1.46. The van der Waals surface area contributed by atoms with Crippen molar-refractivity contribution in [1.29, 1.82) is 0 Å². The zero-order valence-corrected chi connectivity index (χ0v) is 9.34. The molecule has 0 bridgehead atoms. The summed E-state index contributed by atoms with van der Waals surface area (Å²) in [4.78, 5) is 14.1. The zero-order valence-electron chi connectivity index (χ0n) is 8.34. The first-order valence-corrected chi connectivity index (χ1v) is 7.72. The number of hydrogen-bond acceptors (Lipinski definition) is 2. The van der Waals surface area contributed by atoms with Crippen LogP contribution in [0, 0.1) is 5.82 Å². The van der Waals surface area contributed by atoms with Crippen LogP contribution in [0.3, 0.4) is 0 Å². The van der Waals surface area contributed by atoms with E-state index in [4.69, 9.17) is 5.11 Å². The van der Waals surface area contributed by atoms with Gasteiger partial charge in [-0.3, -0.25) is 0 Å². The molecular weight excluding hydrogens is 201 g/mol. The Morgan fingerprint density at radius 3 is 2.50 bits per heavy atom. The third kappa shape index (κ3) is 1.98. The minimum Gasteiger partial charge on any atom is -0.476 e. The number of hydrogen-bond donors (Lipinski definition) is 1. The maximum absolute atomic E-state index is 13.6. The molecule has 0 unspecified atom stereocenters. The molecule has 0 amide bonds. The third-order valence-electron chi connectivity index (χ3n) is 1.90. The van der Waals surface area contributed by atoms with E-state index in [1.54, 1.807) is 6.07 Å². The summed E-state index contributed by atoms with van der Waals surface area (Å²) in [7, 11) is -1.83. The molecule has 0 fully saturated rings. The molecule has 1 aromatic heterocycles. The number of nitrogens with zero attached hydrogens (tertiary/aromatic N) is 1. The summed E-state index contributed by atoms with van der Waals surface area (Å²) >= 11 is 0. The summed E-state index contributed by atoms with van der Waals surface area (Å²) in [6.45, 7) is 5.87. The number of rotatable bonds is 2. The minimum absolute atomic E-state index is 0.482. The van der Waals surface area contributed by atoms with Gasteiger partial charge < -0.3 is 5.11 Å². The Hall–Kier alpha value is -1.23. The molecule has 0 saturated heterocycles. The molecule has 0 aliphatic heterocycles. The Balaban J connectivity index is 3.35. The Kier molecular flexibility index (Phi) is 2.70. The highest BCUT2D eigenvalue weighted by atomic mass is 28.3. The normalized spacial score (nSPS) is 11.4. The van der Waals surface area contributed by atoms with E-state index in [-0.39, 0.29) is 0 Å². The van der Waals surface area contributed by atoms with Gasteiger partial charge in [0, 0.05) is 6.20 Å². The largest absolute Gasteiger partial charge is 0.476 e. The van der Waals surface area contributed by atoms with Crippen molar-refractivity contribution in [3.63, 3.8) is 0 Å². The Morgan fingerprint density at radius 2 is 2.07 bits per heavy atom. The van der Waals surface area contributed by atoms with Crippen molar-refractivity contribution in [2.45, 2.75) is 19.6 Å². The van der Waals surface area contributed by atoms with Gasteiger partial charge in [-0.05, 0) is 11.3 Å². The fourth-order valence-electron chi connectivity index (χ4n) is 1.17. The van der Waals surface area contributed by atoms with Gasteiger partial charge in [-0.1, -0.05) is 19.6 Å². The van der Waals surface area contributed by atoms with Crippen molar-refractivity contribution in [2.75, 3.05) is 0 Å². The average molecular weight is 213 g/mol. The van der Waals surface area contributed by atoms with Crippen LogP contribution in [0.1, 0.15) is 10.5 Å². The maximum atomic E-state index is 13.6. The zero-order chi connectivity index (χ0) is 10.9. The van der Waals surface area contributed by atoms with Gasteiger partial charge in [-0.15, -0.1) is 0 Å². The van der Waals surface area contributed by atoms with Crippen molar-refractivity contribution in [3.8, 4) is 0 Å². The molecule has 0 aliphatic rings. The third-order valence-corrected chi connectivity index (χ3v) is 3.90. The minimum atomic E-state index is -1.83. The first kappa shape index (κ1) is 10.8. The molecule has 5 heteroatoms. The van der Waals surface area contributed by atoms with Gasteiger partial charge in [-0.25, -0.2) is 14.2 Å². The first-order valence-electron chi connectivity index (χ1n) is 4.22. The van der Waals surface area contributed by atoms with E-state index >= 15 is 0 Å². The van der Waals surface area contributed by atoms with Crippen LogP contribution in [0.25, 0.3) is 0 Å². The highest BCUT2D eigenvalue weighted by Crippen LogP contribution is 2.08. The fourth-order valence-corrected chi connectivity index (χ4v) is 2.52. The van der Waals surface area contributed by atoms with Crippen LogP contribution in [0.4, 0.5) is 4.39 Å². The summed E-state index contributed by atoms with van der Waals surface area (Å²) in [5.41, 5.74) is -0.482. The molecule has 0 spiro atoms. The van der Waals surface area contributed by atoms with Crippen LogP contribution in [0.2, 0.25) is 19.6 Å². The SMILES string of the molecule is C[Si](C)(C)c1ccnc(C(=O)O)c1F. The molecule has 0 aromatic carbocycles. The highest BCUT2D eigenvalue weighted by Gasteiger charge is 2.25. The monoisotopic (exact) mass is 213 g/mol. The van der Waals surface area contributed by atoms with E-state index in [2.05, 4.69) is 4.98 Å². The number of carboxylic acids is 1. The quantitative estimate of drug-likeness (QED) is 0.757. The molecule has 1 heterocycles. The van der Waals surface area contributed by atoms with Gasteiger partial charge in [0.05, 0.1) is 8.07 Å². The summed E-state index contributed by atoms with van der Waals surface area (Å²) in [5.74, 6) is -2.00. The van der Waals surface area contributed by atoms with E-state index in [1.165, 1.54) is 6.20 Å². The topological polar surface area (TPSA) is 50.2 Å². The molecule has 76 valence electrons. The predicted molar refractivity (Wildman–Crippen MR) is 54.1 cm³/mol. The van der Waals surface area contributed by atoms with E-state index in [0.29, 0.717) is 5.19 Å². The molecule has 1 aromatic rings. The number of halogens is 1. The number of aromatic nitrogens is 1. The molecule has 0 radical (unpaired) electrons. The lowest BCUT2D eigenvalue weighted by molar-refractivity contribution is 0.0685. The first-order chi connectivity index (χ1) is 6.34. The van der Waals surface area contributed by atoms with Gasteiger partial charge in [0.1, 0.15) is 0 Å². The van der Waals surface area contributed by atoms with Crippen LogP contribution < -0.4 is 5.19 Å². The van der Waals surface area contributed by atoms with Crippen molar-refractivity contribution in [2.24, 2.45) is 0 Å². The van der Waals surface area contributed by atoms with Crippen molar-refractivity contribution in [3.05, 3.63) is 23.8 Å². The summed E-state index contributed by atoms with van der Waals surface area (Å²) in [6.07, 6.45) is 1.35. The van der Waals surface area contributed by atoms with Crippen LogP contribution >= 0.6 is 0 Å². The molecule has 0 saturated carbocycles.